The minimum Gasteiger partial charge on any atom is -0.349 e. The maximum absolute atomic E-state index is 8.99. The van der Waals surface area contributed by atoms with E-state index in [1.54, 1.807) is 0 Å². The van der Waals surface area contributed by atoms with Gasteiger partial charge in [-0.05, 0) is 38.3 Å². The third-order valence-electron chi connectivity index (χ3n) is 2.48. The van der Waals surface area contributed by atoms with Gasteiger partial charge in [0.1, 0.15) is 10.7 Å². The van der Waals surface area contributed by atoms with Crippen LogP contribution >= 0.6 is 12.2 Å². The second kappa shape index (κ2) is 4.90. The van der Waals surface area contributed by atoms with E-state index in [1.807, 2.05) is 26.8 Å². The molecule has 1 aromatic rings. The molecule has 0 aliphatic heterocycles. The molecule has 2 nitrogen and oxygen atoms in total. The number of aromatic amines is 1. The molecule has 0 amide bonds. The molecule has 0 spiro atoms. The summed E-state index contributed by atoms with van der Waals surface area (Å²) < 4.78 is 0.539. The van der Waals surface area contributed by atoms with Crippen LogP contribution in [0.15, 0.2) is 12.2 Å². The van der Waals surface area contributed by atoms with Crippen LogP contribution in [0.5, 0.6) is 0 Å². The van der Waals surface area contributed by atoms with Gasteiger partial charge in [0.15, 0.2) is 0 Å². The number of nitrogens with zero attached hydrogens (tertiary/aromatic N) is 1. The van der Waals surface area contributed by atoms with E-state index in [0.29, 0.717) is 10.2 Å². The summed E-state index contributed by atoms with van der Waals surface area (Å²) in [4.78, 5) is 3.07. The van der Waals surface area contributed by atoms with Gasteiger partial charge < -0.3 is 4.98 Å². The fourth-order valence-corrected chi connectivity index (χ4v) is 1.94. The first kappa shape index (κ1) is 11.7. The summed E-state index contributed by atoms with van der Waals surface area (Å²) >= 11 is 5.10. The van der Waals surface area contributed by atoms with Gasteiger partial charge in [-0.2, -0.15) is 5.26 Å². The van der Waals surface area contributed by atoms with Gasteiger partial charge in [0, 0.05) is 5.69 Å². The molecular formula is C12H14N2S. The Morgan fingerprint density at radius 1 is 1.47 bits per heavy atom. The van der Waals surface area contributed by atoms with Gasteiger partial charge in [0.2, 0.25) is 0 Å². The van der Waals surface area contributed by atoms with Crippen molar-refractivity contribution in [2.45, 2.75) is 27.2 Å². The Kier molecular flexibility index (Phi) is 3.81. The van der Waals surface area contributed by atoms with Crippen LogP contribution < -0.4 is 0 Å². The molecular weight excluding hydrogens is 204 g/mol. The van der Waals surface area contributed by atoms with Gasteiger partial charge in [-0.25, -0.2) is 0 Å². The molecule has 0 bridgehead atoms. The summed E-state index contributed by atoms with van der Waals surface area (Å²) in [5.41, 5.74) is 3.81. The molecule has 78 valence electrons. The molecule has 1 N–H and O–H groups in total. The van der Waals surface area contributed by atoms with Crippen molar-refractivity contribution in [3.05, 3.63) is 39.2 Å². The smallest absolute Gasteiger partial charge is 0.121 e. The zero-order valence-electron chi connectivity index (χ0n) is 9.22. The number of allylic oxidation sites excluding steroid dienone is 2. The quantitative estimate of drug-likeness (QED) is 0.610. The van der Waals surface area contributed by atoms with Crippen LogP contribution in [0.4, 0.5) is 0 Å². The summed E-state index contributed by atoms with van der Waals surface area (Å²) in [5, 5.41) is 8.99. The molecule has 0 aliphatic rings. The number of H-pyrrole nitrogens is 1. The van der Waals surface area contributed by atoms with Crippen LogP contribution in [-0.2, 0) is 6.42 Å². The van der Waals surface area contributed by atoms with E-state index in [-0.39, 0.29) is 0 Å². The molecule has 1 rings (SSSR count). The number of hydrogen-bond donors (Lipinski definition) is 1. The van der Waals surface area contributed by atoms with Crippen LogP contribution in [0.2, 0.25) is 0 Å². The lowest BCUT2D eigenvalue weighted by atomic mass is 10.0. The molecule has 0 atom stereocenters. The van der Waals surface area contributed by atoms with E-state index < -0.39 is 0 Å². The van der Waals surface area contributed by atoms with Crippen molar-refractivity contribution in [1.29, 1.82) is 5.26 Å². The highest BCUT2D eigenvalue weighted by Crippen LogP contribution is 2.17. The van der Waals surface area contributed by atoms with Gasteiger partial charge in [0.25, 0.3) is 0 Å². The first-order chi connectivity index (χ1) is 7.11. The predicted octanol–water partition coefficient (Wildman–Crippen LogP) is 3.35. The van der Waals surface area contributed by atoms with Gasteiger partial charge >= 0.3 is 0 Å². The van der Waals surface area contributed by atoms with Crippen molar-refractivity contribution in [3.8, 4) is 6.07 Å². The summed E-state index contributed by atoms with van der Waals surface area (Å²) in [6.45, 7) is 5.93. The lowest BCUT2D eigenvalue weighted by molar-refractivity contribution is 1.05. The number of aryl methyl sites for hydroxylation is 1. The van der Waals surface area contributed by atoms with Crippen LogP contribution in [-0.4, -0.2) is 4.98 Å². The lowest BCUT2D eigenvalue weighted by Gasteiger charge is -2.09. The SMILES string of the molecule is C/C=C/Cc1c(C)[nH]c(=S)c(C#N)c1C. The predicted molar refractivity (Wildman–Crippen MR) is 64.3 cm³/mol. The number of aromatic nitrogens is 1. The number of nitriles is 1. The molecule has 0 saturated heterocycles. The van der Waals surface area contributed by atoms with E-state index in [0.717, 1.165) is 17.7 Å². The second-order valence-corrected chi connectivity index (χ2v) is 3.85. The highest BCUT2D eigenvalue weighted by Gasteiger charge is 2.08. The molecule has 0 saturated carbocycles. The van der Waals surface area contributed by atoms with E-state index in [9.17, 15) is 0 Å². The largest absolute Gasteiger partial charge is 0.349 e. The number of nitrogens with one attached hydrogen (secondary N) is 1. The second-order valence-electron chi connectivity index (χ2n) is 3.44. The summed E-state index contributed by atoms with van der Waals surface area (Å²) in [6, 6.07) is 2.15. The van der Waals surface area contributed by atoms with Crippen molar-refractivity contribution >= 4 is 12.2 Å². The topological polar surface area (TPSA) is 39.6 Å². The van der Waals surface area contributed by atoms with E-state index in [1.165, 1.54) is 5.56 Å². The monoisotopic (exact) mass is 218 g/mol. The third kappa shape index (κ3) is 2.34. The lowest BCUT2D eigenvalue weighted by Crippen LogP contribution is -2.00. The molecule has 1 heterocycles. The van der Waals surface area contributed by atoms with Crippen LogP contribution in [0.25, 0.3) is 0 Å². The molecule has 0 aromatic carbocycles. The van der Waals surface area contributed by atoms with Crippen LogP contribution in [0, 0.1) is 29.8 Å². The molecule has 1 aromatic heterocycles. The Bertz CT molecular complexity index is 490. The maximum Gasteiger partial charge on any atom is 0.121 e. The first-order valence-corrected chi connectivity index (χ1v) is 5.26. The Hall–Kier alpha value is -1.40. The normalized spacial score (nSPS) is 10.5. The zero-order chi connectivity index (χ0) is 11.4. The average Bonchev–Trinajstić information content (AvgIpc) is 2.17. The van der Waals surface area contributed by atoms with Gasteiger partial charge in [-0.3, -0.25) is 0 Å². The van der Waals surface area contributed by atoms with Gasteiger partial charge in [-0.1, -0.05) is 24.4 Å². The third-order valence-corrected chi connectivity index (χ3v) is 2.78. The molecule has 0 aliphatic carbocycles. The number of hydrogen-bond acceptors (Lipinski definition) is 2. The molecule has 0 unspecified atom stereocenters. The van der Waals surface area contributed by atoms with Crippen LogP contribution in [0.3, 0.4) is 0 Å². The Morgan fingerprint density at radius 2 is 2.13 bits per heavy atom. The summed E-state index contributed by atoms with van der Waals surface area (Å²) in [6.07, 6.45) is 4.93. The summed E-state index contributed by atoms with van der Waals surface area (Å²) in [7, 11) is 0. The molecule has 0 fully saturated rings. The fourth-order valence-electron chi connectivity index (χ4n) is 1.59. The zero-order valence-corrected chi connectivity index (χ0v) is 10.0. The average molecular weight is 218 g/mol. The van der Waals surface area contributed by atoms with Gasteiger partial charge in [0.05, 0.1) is 5.56 Å². The standard InChI is InChI=1S/C12H14N2S/c1-4-5-6-10-8(2)11(7-13)12(15)14-9(10)3/h4-5H,6H2,1-3H3,(H,14,15)/b5-4+. The van der Waals surface area contributed by atoms with Crippen molar-refractivity contribution in [2.24, 2.45) is 0 Å². The molecule has 15 heavy (non-hydrogen) atoms. The Labute approximate surface area is 95.3 Å². The fraction of sp³-hybridized carbons (Fsp3) is 0.333. The van der Waals surface area contributed by atoms with Crippen LogP contribution in [0.1, 0.15) is 29.3 Å². The van der Waals surface area contributed by atoms with E-state index >= 15 is 0 Å². The highest BCUT2D eigenvalue weighted by atomic mass is 32.1. The molecule has 0 radical (unpaired) electrons. The number of rotatable bonds is 2. The highest BCUT2D eigenvalue weighted by molar-refractivity contribution is 7.71. The minimum atomic E-state index is 0.539. The van der Waals surface area contributed by atoms with Crippen molar-refractivity contribution < 1.29 is 0 Å². The Morgan fingerprint density at radius 3 is 2.67 bits per heavy atom. The Balaban J connectivity index is 3.40. The maximum atomic E-state index is 8.99. The van der Waals surface area contributed by atoms with Crippen molar-refractivity contribution in [3.63, 3.8) is 0 Å². The first-order valence-electron chi connectivity index (χ1n) is 4.85. The molecule has 3 heteroatoms. The van der Waals surface area contributed by atoms with Crippen molar-refractivity contribution in [2.75, 3.05) is 0 Å². The van der Waals surface area contributed by atoms with E-state index in [2.05, 4.69) is 17.1 Å². The number of pyridine rings is 1. The van der Waals surface area contributed by atoms with E-state index in [4.69, 9.17) is 17.5 Å². The van der Waals surface area contributed by atoms with Crippen molar-refractivity contribution in [1.82, 2.24) is 4.98 Å². The van der Waals surface area contributed by atoms with Gasteiger partial charge in [-0.15, -0.1) is 0 Å². The summed E-state index contributed by atoms with van der Waals surface area (Å²) in [5.74, 6) is 0. The minimum absolute atomic E-state index is 0.539.